The van der Waals surface area contributed by atoms with Crippen LogP contribution in [0.2, 0.25) is 0 Å². The largest absolute Gasteiger partial charge is 0.497 e. The first-order valence-corrected chi connectivity index (χ1v) is 24.9. The minimum Gasteiger partial charge on any atom is -0.497 e. The van der Waals surface area contributed by atoms with Crippen molar-refractivity contribution in [3.63, 3.8) is 0 Å². The molecule has 14 heteroatoms. The molecule has 0 saturated heterocycles. The van der Waals surface area contributed by atoms with Gasteiger partial charge < -0.3 is 28.7 Å². The molecule has 0 amide bonds. The minimum atomic E-state index is -5.73. The van der Waals surface area contributed by atoms with Crippen molar-refractivity contribution in [3.05, 3.63) is 177 Å². The van der Waals surface area contributed by atoms with Gasteiger partial charge in [0.05, 0.1) is 28.4 Å². The second-order valence-electron chi connectivity index (χ2n) is 18.0. The topological polar surface area (TPSA) is 43.4 Å². The molecule has 8 aromatic rings. The van der Waals surface area contributed by atoms with Crippen LogP contribution in [0.4, 0.5) is 60.5 Å². The summed E-state index contributed by atoms with van der Waals surface area (Å²) in [6.07, 6.45) is 0. The van der Waals surface area contributed by atoms with Gasteiger partial charge in [0.15, 0.2) is 0 Å². The van der Waals surface area contributed by atoms with Gasteiger partial charge in [-0.25, -0.2) is 0 Å². The lowest BCUT2D eigenvalue weighted by Gasteiger charge is -2.28. The zero-order valence-corrected chi connectivity index (χ0v) is 43.4. The van der Waals surface area contributed by atoms with Crippen LogP contribution in [-0.2, 0) is 0 Å². The van der Waals surface area contributed by atoms with Crippen LogP contribution in [0.15, 0.2) is 133 Å². The van der Waals surface area contributed by atoms with Crippen LogP contribution in [0.5, 0.6) is 23.0 Å². The molecular formula is C59H52F6N2O4S2. The Labute approximate surface area is 429 Å². The summed E-state index contributed by atoms with van der Waals surface area (Å²) < 4.78 is 120. The molecule has 0 N–H and O–H groups in total. The molecule has 6 nitrogen and oxygen atoms in total. The molecule has 73 heavy (non-hydrogen) atoms. The molecule has 0 saturated carbocycles. The molecule has 1 aliphatic carbocycles. The first-order valence-electron chi connectivity index (χ1n) is 23.2. The van der Waals surface area contributed by atoms with Crippen LogP contribution in [0.3, 0.4) is 0 Å². The van der Waals surface area contributed by atoms with Crippen molar-refractivity contribution < 1.29 is 45.3 Å². The molecule has 0 fully saturated rings. The number of thiophene rings is 2. The van der Waals surface area contributed by atoms with Gasteiger partial charge in [-0.15, -0.1) is 22.7 Å². The summed E-state index contributed by atoms with van der Waals surface area (Å²) in [7, 11) is 6.36. The highest BCUT2D eigenvalue weighted by molar-refractivity contribution is 7.16. The van der Waals surface area contributed by atoms with E-state index in [4.69, 9.17) is 18.9 Å². The number of hydrogen-bond acceptors (Lipinski definition) is 8. The molecule has 2 heterocycles. The lowest BCUT2D eigenvalue weighted by molar-refractivity contribution is -0.254. The smallest absolute Gasteiger partial charge is 0.380 e. The Balaban J connectivity index is 1.13. The van der Waals surface area contributed by atoms with E-state index in [1.807, 2.05) is 149 Å². The summed E-state index contributed by atoms with van der Waals surface area (Å²) >= 11 is 2.18. The zero-order valence-electron chi connectivity index (χ0n) is 41.8. The van der Waals surface area contributed by atoms with Gasteiger partial charge in [0.25, 0.3) is 0 Å². The Bertz CT molecular complexity index is 3070. The highest BCUT2D eigenvalue weighted by Gasteiger charge is 2.80. The Morgan fingerprint density at radius 1 is 0.356 bits per heavy atom. The lowest BCUT2D eigenvalue weighted by atomic mass is 9.93. The fraction of sp³-hybridized carbons (Fsp3) is 0.220. The Kier molecular flexibility index (Phi) is 13.5. The fourth-order valence-electron chi connectivity index (χ4n) is 9.55. The number of aryl methyl sites for hydroxylation is 6. The van der Waals surface area contributed by atoms with Crippen LogP contribution in [0.1, 0.15) is 43.1 Å². The molecule has 0 unspecified atom stereocenters. The third-order valence-corrected chi connectivity index (χ3v) is 15.6. The van der Waals surface area contributed by atoms with E-state index in [2.05, 4.69) is 9.80 Å². The van der Waals surface area contributed by atoms with Gasteiger partial charge in [0, 0.05) is 64.8 Å². The van der Waals surface area contributed by atoms with Crippen LogP contribution in [-0.4, -0.2) is 46.2 Å². The van der Waals surface area contributed by atoms with Crippen molar-refractivity contribution in [1.82, 2.24) is 0 Å². The van der Waals surface area contributed by atoms with Gasteiger partial charge in [0.2, 0.25) is 0 Å². The molecule has 0 bridgehead atoms. The van der Waals surface area contributed by atoms with E-state index in [9.17, 15) is 0 Å². The van der Waals surface area contributed by atoms with Gasteiger partial charge in [-0.3, -0.25) is 0 Å². The highest BCUT2D eigenvalue weighted by Crippen LogP contribution is 2.66. The average Bonchev–Trinajstić information content (AvgIpc) is 3.98. The van der Waals surface area contributed by atoms with E-state index in [1.54, 1.807) is 28.4 Å². The number of benzene rings is 6. The van der Waals surface area contributed by atoms with Crippen molar-refractivity contribution in [3.8, 4) is 43.9 Å². The van der Waals surface area contributed by atoms with Crippen molar-refractivity contribution in [2.24, 2.45) is 0 Å². The molecule has 0 spiro atoms. The molecule has 1 aliphatic rings. The third kappa shape index (κ3) is 8.77. The standard InChI is InChI=1S/C59H52F6N2O4S2/c1-33-29-51(66(39-11-19-43(68-7)20-12-39)40-13-21-44(69-8)22-14-40)35(3)27-47(33)53-31-49(37(5)72-53)55-56(58(62,63)59(64,65)57(55,60)61)50-32-54(73-38(50)6)48-28-36(4)52(30-34(48)2)67(41-15-23-45(70-9)24-16-41)42-17-25-46(71-10)26-18-42/h11-32H,1-10H3. The molecule has 0 aliphatic heterocycles. The maximum Gasteiger partial charge on any atom is 0.380 e. The number of halogens is 6. The van der Waals surface area contributed by atoms with Gasteiger partial charge in [-0.2, -0.15) is 26.3 Å². The van der Waals surface area contributed by atoms with Crippen molar-refractivity contribution in [2.75, 3.05) is 38.2 Å². The summed E-state index contributed by atoms with van der Waals surface area (Å²) in [4.78, 5) is 5.45. The maximum atomic E-state index is 16.5. The van der Waals surface area contributed by atoms with Crippen molar-refractivity contribution in [1.29, 1.82) is 0 Å². The van der Waals surface area contributed by atoms with E-state index in [0.717, 1.165) is 79.1 Å². The van der Waals surface area contributed by atoms with E-state index in [1.165, 1.54) is 26.0 Å². The van der Waals surface area contributed by atoms with Crippen molar-refractivity contribution >= 4 is 67.9 Å². The number of allylic oxidation sites excluding steroid dienone is 2. The molecule has 2 aromatic heterocycles. The second-order valence-corrected chi connectivity index (χ2v) is 20.5. The SMILES string of the molecule is COc1ccc(N(c2ccc(OC)cc2)c2cc(C)c(-c3cc(C4=C(c5cc(-c6cc(C)c(N(c7ccc(OC)cc7)c7ccc(OC)cc7)cc6C)sc5C)C(F)(F)C(F)(F)C4(F)F)c(C)s3)cc2C)cc1. The normalized spacial score (nSPS) is 14.6. The zero-order chi connectivity index (χ0) is 52.3. The number of alkyl halides is 6. The first-order chi connectivity index (χ1) is 34.7. The van der Waals surface area contributed by atoms with E-state index in [0.29, 0.717) is 43.9 Å². The van der Waals surface area contributed by atoms with E-state index in [-0.39, 0.29) is 20.9 Å². The van der Waals surface area contributed by atoms with Gasteiger partial charge in [-0.1, -0.05) is 0 Å². The Morgan fingerprint density at radius 3 is 0.890 bits per heavy atom. The predicted molar refractivity (Wildman–Crippen MR) is 285 cm³/mol. The first kappa shape index (κ1) is 50.8. The Morgan fingerprint density at radius 2 is 0.630 bits per heavy atom. The monoisotopic (exact) mass is 1030 g/mol. The summed E-state index contributed by atoms with van der Waals surface area (Å²) in [6, 6.07) is 40.7. The van der Waals surface area contributed by atoms with Gasteiger partial charge in [0.1, 0.15) is 23.0 Å². The maximum absolute atomic E-state index is 16.5. The summed E-state index contributed by atoms with van der Waals surface area (Å²) in [6.45, 7) is 10.6. The van der Waals surface area contributed by atoms with E-state index >= 15 is 26.3 Å². The molecule has 376 valence electrons. The fourth-order valence-corrected chi connectivity index (χ4v) is 11.8. The second kappa shape index (κ2) is 19.4. The van der Waals surface area contributed by atoms with Gasteiger partial charge in [-0.05, 0) is 220 Å². The number of hydrogen-bond donors (Lipinski definition) is 0. The number of nitrogens with zero attached hydrogens (tertiary/aromatic N) is 2. The lowest BCUT2D eigenvalue weighted by Crippen LogP contribution is -2.48. The van der Waals surface area contributed by atoms with Crippen LogP contribution in [0.25, 0.3) is 32.0 Å². The molecule has 0 atom stereocenters. The van der Waals surface area contributed by atoms with Crippen LogP contribution >= 0.6 is 22.7 Å². The quantitative estimate of drug-likeness (QED) is 0.101. The predicted octanol–water partition coefficient (Wildman–Crippen LogP) is 17.8. The number of ether oxygens (including phenoxy) is 4. The molecule has 6 aromatic carbocycles. The van der Waals surface area contributed by atoms with Gasteiger partial charge >= 0.3 is 17.8 Å². The van der Waals surface area contributed by atoms with Crippen LogP contribution < -0.4 is 28.7 Å². The molecule has 0 radical (unpaired) electrons. The van der Waals surface area contributed by atoms with Crippen molar-refractivity contribution in [2.45, 2.75) is 59.3 Å². The number of anilines is 6. The summed E-state index contributed by atoms with van der Waals surface area (Å²) in [5.41, 5.74) is 5.89. The molecular weight excluding hydrogens is 979 g/mol. The van der Waals surface area contributed by atoms with Crippen LogP contribution in [0, 0.1) is 41.5 Å². The average molecular weight is 1030 g/mol. The number of methoxy groups -OCH3 is 4. The minimum absolute atomic E-state index is 0.198. The summed E-state index contributed by atoms with van der Waals surface area (Å²) in [5.74, 6) is -13.5. The Hall–Kier alpha value is -7.16. The van der Waals surface area contributed by atoms with E-state index < -0.39 is 28.9 Å². The number of rotatable bonds is 14. The third-order valence-electron chi connectivity index (χ3n) is 13.5. The summed E-state index contributed by atoms with van der Waals surface area (Å²) in [5, 5.41) is 0. The highest BCUT2D eigenvalue weighted by atomic mass is 32.1. The molecule has 9 rings (SSSR count).